The van der Waals surface area contributed by atoms with Crippen LogP contribution in [0.3, 0.4) is 0 Å². The van der Waals surface area contributed by atoms with Crippen LogP contribution in [0.5, 0.6) is 0 Å². The lowest BCUT2D eigenvalue weighted by atomic mass is 10.1. The van der Waals surface area contributed by atoms with Crippen LogP contribution in [0, 0.1) is 6.92 Å². The van der Waals surface area contributed by atoms with Gasteiger partial charge in [-0.1, -0.05) is 29.8 Å². The normalized spacial score (nSPS) is 11.1. The van der Waals surface area contributed by atoms with Crippen molar-refractivity contribution in [1.29, 1.82) is 0 Å². The first-order valence-electron chi connectivity index (χ1n) is 6.70. The van der Waals surface area contributed by atoms with Crippen molar-refractivity contribution in [3.63, 3.8) is 0 Å². The first-order valence-corrected chi connectivity index (χ1v) is 6.70. The summed E-state index contributed by atoms with van der Waals surface area (Å²) in [6.07, 6.45) is 3.49. The van der Waals surface area contributed by atoms with Crippen molar-refractivity contribution in [2.45, 2.75) is 20.0 Å². The zero-order valence-electron chi connectivity index (χ0n) is 11.7. The summed E-state index contributed by atoms with van der Waals surface area (Å²) in [5.41, 5.74) is 3.87. The highest BCUT2D eigenvalue weighted by Gasteiger charge is 2.00. The molecule has 0 saturated carbocycles. The molecule has 0 amide bonds. The van der Waals surface area contributed by atoms with E-state index in [2.05, 4.69) is 48.5 Å². The zero-order chi connectivity index (χ0) is 13.5. The minimum Gasteiger partial charge on any atom is -0.472 e. The van der Waals surface area contributed by atoms with Crippen molar-refractivity contribution in [1.82, 2.24) is 10.2 Å². The van der Waals surface area contributed by atoms with Crippen LogP contribution in [-0.2, 0) is 13.1 Å². The number of hydrogen-bond acceptors (Lipinski definition) is 3. The summed E-state index contributed by atoms with van der Waals surface area (Å²) in [5.74, 6) is 0. The van der Waals surface area contributed by atoms with Gasteiger partial charge in [-0.2, -0.15) is 0 Å². The molecule has 1 aromatic carbocycles. The molecule has 0 fully saturated rings. The van der Waals surface area contributed by atoms with Crippen LogP contribution >= 0.6 is 0 Å². The molecule has 3 nitrogen and oxygen atoms in total. The Bertz CT molecular complexity index is 462. The van der Waals surface area contributed by atoms with Gasteiger partial charge in [-0.3, -0.25) is 0 Å². The van der Waals surface area contributed by atoms with E-state index in [1.54, 1.807) is 12.5 Å². The highest BCUT2D eigenvalue weighted by molar-refractivity contribution is 5.21. The van der Waals surface area contributed by atoms with Crippen LogP contribution in [-0.4, -0.2) is 25.0 Å². The van der Waals surface area contributed by atoms with Gasteiger partial charge in [0.1, 0.15) is 0 Å². The third-order valence-electron chi connectivity index (χ3n) is 3.15. The van der Waals surface area contributed by atoms with Crippen LogP contribution in [0.4, 0.5) is 0 Å². The van der Waals surface area contributed by atoms with Crippen molar-refractivity contribution in [2.24, 2.45) is 0 Å². The van der Waals surface area contributed by atoms with Gasteiger partial charge in [0.15, 0.2) is 0 Å². The molecule has 0 radical (unpaired) electrons. The summed E-state index contributed by atoms with van der Waals surface area (Å²) < 4.78 is 5.03. The largest absolute Gasteiger partial charge is 0.472 e. The minimum atomic E-state index is 0.870. The average molecular weight is 258 g/mol. The van der Waals surface area contributed by atoms with Crippen LogP contribution in [0.1, 0.15) is 16.7 Å². The lowest BCUT2D eigenvalue weighted by Gasteiger charge is -2.17. The fourth-order valence-corrected chi connectivity index (χ4v) is 1.98. The van der Waals surface area contributed by atoms with Gasteiger partial charge in [0.25, 0.3) is 0 Å². The summed E-state index contributed by atoms with van der Waals surface area (Å²) >= 11 is 0. The fraction of sp³-hybridized carbons (Fsp3) is 0.375. The van der Waals surface area contributed by atoms with E-state index in [9.17, 15) is 0 Å². The summed E-state index contributed by atoms with van der Waals surface area (Å²) in [4.78, 5) is 2.33. The SMILES string of the molecule is Cc1ccc(CN(C)CCNCc2ccoc2)cc1. The third kappa shape index (κ3) is 4.89. The van der Waals surface area contributed by atoms with Gasteiger partial charge in [0.2, 0.25) is 0 Å². The Morgan fingerprint density at radius 3 is 2.58 bits per heavy atom. The smallest absolute Gasteiger partial charge is 0.0947 e. The van der Waals surface area contributed by atoms with Gasteiger partial charge in [-0.15, -0.1) is 0 Å². The molecule has 0 aliphatic carbocycles. The molecule has 19 heavy (non-hydrogen) atoms. The van der Waals surface area contributed by atoms with Crippen LogP contribution in [0.2, 0.25) is 0 Å². The standard InChI is InChI=1S/C16H22N2O/c1-14-3-5-15(6-4-14)12-18(2)9-8-17-11-16-7-10-19-13-16/h3-7,10,13,17H,8-9,11-12H2,1-2H3. The molecule has 1 N–H and O–H groups in total. The molecule has 2 aromatic rings. The van der Waals surface area contributed by atoms with Gasteiger partial charge >= 0.3 is 0 Å². The summed E-state index contributed by atoms with van der Waals surface area (Å²) in [5, 5.41) is 3.41. The zero-order valence-corrected chi connectivity index (χ0v) is 11.7. The molecule has 0 atom stereocenters. The number of rotatable bonds is 7. The first kappa shape index (κ1) is 13.8. The van der Waals surface area contributed by atoms with E-state index in [1.165, 1.54) is 16.7 Å². The Balaban J connectivity index is 1.64. The van der Waals surface area contributed by atoms with E-state index in [0.717, 1.165) is 26.2 Å². The van der Waals surface area contributed by atoms with Crippen molar-refractivity contribution < 1.29 is 4.42 Å². The summed E-state index contributed by atoms with van der Waals surface area (Å²) in [7, 11) is 2.15. The topological polar surface area (TPSA) is 28.4 Å². The van der Waals surface area contributed by atoms with Crippen molar-refractivity contribution >= 4 is 0 Å². The van der Waals surface area contributed by atoms with E-state index >= 15 is 0 Å². The van der Waals surface area contributed by atoms with Crippen LogP contribution in [0.15, 0.2) is 47.3 Å². The highest BCUT2D eigenvalue weighted by atomic mass is 16.3. The molecule has 0 spiro atoms. The molecular formula is C16H22N2O. The third-order valence-corrected chi connectivity index (χ3v) is 3.15. The maximum atomic E-state index is 5.03. The van der Waals surface area contributed by atoms with Gasteiger partial charge in [0, 0.05) is 31.7 Å². The number of aryl methyl sites for hydroxylation is 1. The summed E-state index contributed by atoms with van der Waals surface area (Å²) in [6.45, 7) is 6.00. The van der Waals surface area contributed by atoms with Gasteiger partial charge in [-0.05, 0) is 25.6 Å². The molecule has 0 aliphatic rings. The minimum absolute atomic E-state index is 0.870. The first-order chi connectivity index (χ1) is 9.24. The van der Waals surface area contributed by atoms with Crippen molar-refractivity contribution in [3.05, 3.63) is 59.5 Å². The van der Waals surface area contributed by atoms with Gasteiger partial charge in [-0.25, -0.2) is 0 Å². The number of hydrogen-bond donors (Lipinski definition) is 1. The maximum absolute atomic E-state index is 5.03. The molecule has 0 bridgehead atoms. The molecule has 0 aliphatic heterocycles. The molecule has 102 valence electrons. The maximum Gasteiger partial charge on any atom is 0.0947 e. The van der Waals surface area contributed by atoms with Crippen molar-refractivity contribution in [3.8, 4) is 0 Å². The van der Waals surface area contributed by atoms with Gasteiger partial charge < -0.3 is 14.6 Å². The monoisotopic (exact) mass is 258 g/mol. The quantitative estimate of drug-likeness (QED) is 0.774. The number of furan rings is 1. The lowest BCUT2D eigenvalue weighted by molar-refractivity contribution is 0.324. The Labute approximate surface area is 115 Å². The Morgan fingerprint density at radius 1 is 1.11 bits per heavy atom. The highest BCUT2D eigenvalue weighted by Crippen LogP contribution is 2.05. The number of nitrogens with zero attached hydrogens (tertiary/aromatic N) is 1. The Kier molecular flexibility index (Phi) is 5.19. The average Bonchev–Trinajstić information content (AvgIpc) is 2.91. The lowest BCUT2D eigenvalue weighted by Crippen LogP contribution is -2.28. The van der Waals surface area contributed by atoms with Gasteiger partial charge in [0.05, 0.1) is 12.5 Å². The molecular weight excluding hydrogens is 236 g/mol. The van der Waals surface area contributed by atoms with E-state index in [4.69, 9.17) is 4.42 Å². The number of likely N-dealkylation sites (N-methyl/N-ethyl adjacent to an activating group) is 1. The fourth-order valence-electron chi connectivity index (χ4n) is 1.98. The second-order valence-electron chi connectivity index (χ2n) is 5.03. The van der Waals surface area contributed by atoms with E-state index in [0.29, 0.717) is 0 Å². The predicted molar refractivity (Wildman–Crippen MR) is 77.9 cm³/mol. The van der Waals surface area contributed by atoms with Crippen LogP contribution < -0.4 is 5.32 Å². The van der Waals surface area contributed by atoms with E-state index in [1.807, 2.05) is 6.07 Å². The summed E-state index contributed by atoms with van der Waals surface area (Å²) in [6, 6.07) is 10.7. The van der Waals surface area contributed by atoms with Crippen LogP contribution in [0.25, 0.3) is 0 Å². The molecule has 0 saturated heterocycles. The second-order valence-corrected chi connectivity index (χ2v) is 5.03. The molecule has 3 heteroatoms. The Morgan fingerprint density at radius 2 is 1.89 bits per heavy atom. The second kappa shape index (κ2) is 7.12. The van der Waals surface area contributed by atoms with E-state index in [-0.39, 0.29) is 0 Å². The van der Waals surface area contributed by atoms with E-state index < -0.39 is 0 Å². The van der Waals surface area contributed by atoms with Crippen molar-refractivity contribution in [2.75, 3.05) is 20.1 Å². The predicted octanol–water partition coefficient (Wildman–Crippen LogP) is 2.81. The molecule has 0 unspecified atom stereocenters. The number of benzene rings is 1. The Hall–Kier alpha value is -1.58. The molecule has 1 heterocycles. The number of nitrogens with one attached hydrogen (secondary N) is 1. The molecule has 2 rings (SSSR count). The molecule has 1 aromatic heterocycles.